The molecule has 2 aliphatic rings. The summed E-state index contributed by atoms with van der Waals surface area (Å²) in [5, 5.41) is 4.07. The van der Waals surface area contributed by atoms with Crippen molar-refractivity contribution in [2.45, 2.75) is 31.5 Å². The van der Waals surface area contributed by atoms with E-state index in [-0.39, 0.29) is 12.2 Å². The topological polar surface area (TPSA) is 83.4 Å². The Bertz CT molecular complexity index is 655. The predicted octanol–water partition coefficient (Wildman–Crippen LogP) is 1.85. The van der Waals surface area contributed by atoms with E-state index in [0.29, 0.717) is 18.3 Å². The molecule has 0 radical (unpaired) electrons. The summed E-state index contributed by atoms with van der Waals surface area (Å²) in [7, 11) is 0. The van der Waals surface area contributed by atoms with Gasteiger partial charge in [-0.1, -0.05) is 5.16 Å². The maximum absolute atomic E-state index is 5.78. The second kappa shape index (κ2) is 5.13. The zero-order valence-corrected chi connectivity index (χ0v) is 11.6. The van der Waals surface area contributed by atoms with Gasteiger partial charge in [0.15, 0.2) is 0 Å². The SMILES string of the molecule is NC[C@H]1CC[C@@H](c2nc(-c3ccc4c(c3)CCO4)no2)O1. The van der Waals surface area contributed by atoms with Crippen molar-refractivity contribution >= 4 is 0 Å². The van der Waals surface area contributed by atoms with Gasteiger partial charge in [0.1, 0.15) is 11.9 Å². The molecule has 1 aromatic heterocycles. The highest BCUT2D eigenvalue weighted by Crippen LogP contribution is 2.33. The molecule has 2 N–H and O–H groups in total. The Balaban J connectivity index is 1.57. The van der Waals surface area contributed by atoms with Crippen LogP contribution in [0.5, 0.6) is 5.75 Å². The third kappa shape index (κ3) is 2.30. The fourth-order valence-corrected chi connectivity index (χ4v) is 2.87. The quantitative estimate of drug-likeness (QED) is 0.927. The monoisotopic (exact) mass is 287 g/mol. The minimum atomic E-state index is -0.127. The number of fused-ring (bicyclic) bond motifs is 1. The van der Waals surface area contributed by atoms with E-state index in [9.17, 15) is 0 Å². The highest BCUT2D eigenvalue weighted by atomic mass is 16.5. The van der Waals surface area contributed by atoms with Gasteiger partial charge in [-0.25, -0.2) is 0 Å². The van der Waals surface area contributed by atoms with Crippen molar-refractivity contribution in [3.05, 3.63) is 29.7 Å². The first-order valence-electron chi connectivity index (χ1n) is 7.28. The van der Waals surface area contributed by atoms with Crippen LogP contribution < -0.4 is 10.5 Å². The molecule has 4 rings (SSSR count). The fraction of sp³-hybridized carbons (Fsp3) is 0.467. The van der Waals surface area contributed by atoms with E-state index in [2.05, 4.69) is 16.2 Å². The first kappa shape index (κ1) is 12.8. The summed E-state index contributed by atoms with van der Waals surface area (Å²) in [5.74, 6) is 2.09. The summed E-state index contributed by atoms with van der Waals surface area (Å²) in [6, 6.07) is 5.98. The van der Waals surface area contributed by atoms with Crippen LogP contribution in [0.25, 0.3) is 11.4 Å². The van der Waals surface area contributed by atoms with E-state index in [1.165, 1.54) is 5.56 Å². The third-order valence-corrected chi connectivity index (χ3v) is 4.04. The molecular formula is C15H17N3O3. The van der Waals surface area contributed by atoms with Gasteiger partial charge in [0, 0.05) is 18.5 Å². The first-order valence-corrected chi connectivity index (χ1v) is 7.28. The molecule has 0 bridgehead atoms. The Hall–Kier alpha value is -1.92. The van der Waals surface area contributed by atoms with Gasteiger partial charge in [-0.15, -0.1) is 0 Å². The van der Waals surface area contributed by atoms with Crippen molar-refractivity contribution in [1.29, 1.82) is 0 Å². The zero-order valence-electron chi connectivity index (χ0n) is 11.6. The molecule has 0 aliphatic carbocycles. The molecular weight excluding hydrogens is 270 g/mol. The van der Waals surface area contributed by atoms with Crippen LogP contribution in [-0.2, 0) is 11.2 Å². The van der Waals surface area contributed by atoms with Crippen LogP contribution in [0.2, 0.25) is 0 Å². The van der Waals surface area contributed by atoms with Crippen LogP contribution in [0.4, 0.5) is 0 Å². The highest BCUT2D eigenvalue weighted by Gasteiger charge is 2.30. The molecule has 1 aromatic carbocycles. The Labute approximate surface area is 122 Å². The van der Waals surface area contributed by atoms with Crippen LogP contribution in [0.1, 0.15) is 30.4 Å². The summed E-state index contributed by atoms with van der Waals surface area (Å²) < 4.78 is 16.6. The van der Waals surface area contributed by atoms with E-state index in [0.717, 1.165) is 37.2 Å². The van der Waals surface area contributed by atoms with Gasteiger partial charge in [0.25, 0.3) is 5.89 Å². The Morgan fingerprint density at radius 3 is 3.10 bits per heavy atom. The number of ether oxygens (including phenoxy) is 2. The molecule has 2 aromatic rings. The molecule has 0 unspecified atom stereocenters. The average molecular weight is 287 g/mol. The van der Waals surface area contributed by atoms with E-state index < -0.39 is 0 Å². The fourth-order valence-electron chi connectivity index (χ4n) is 2.87. The van der Waals surface area contributed by atoms with E-state index in [4.69, 9.17) is 19.7 Å². The molecule has 0 amide bonds. The lowest BCUT2D eigenvalue weighted by molar-refractivity contribution is 0.0307. The van der Waals surface area contributed by atoms with Gasteiger partial charge in [-0.3, -0.25) is 0 Å². The lowest BCUT2D eigenvalue weighted by Gasteiger charge is -2.07. The van der Waals surface area contributed by atoms with Gasteiger partial charge in [0.2, 0.25) is 5.82 Å². The van der Waals surface area contributed by atoms with E-state index in [1.54, 1.807) is 0 Å². The molecule has 1 fully saturated rings. The van der Waals surface area contributed by atoms with Crippen molar-refractivity contribution in [2.75, 3.05) is 13.2 Å². The van der Waals surface area contributed by atoms with Crippen LogP contribution in [0.3, 0.4) is 0 Å². The Morgan fingerprint density at radius 1 is 1.29 bits per heavy atom. The van der Waals surface area contributed by atoms with E-state index >= 15 is 0 Å². The van der Waals surface area contributed by atoms with Crippen LogP contribution in [-0.4, -0.2) is 29.4 Å². The minimum Gasteiger partial charge on any atom is -0.493 e. The minimum absolute atomic E-state index is 0.0995. The first-order chi connectivity index (χ1) is 10.3. The standard InChI is InChI=1S/C15H17N3O3/c16-8-11-2-4-13(20-11)15-17-14(18-21-15)10-1-3-12-9(7-10)5-6-19-12/h1,3,7,11,13H,2,4-6,8,16H2/t11-,13+/m1/s1. The van der Waals surface area contributed by atoms with Gasteiger partial charge in [-0.05, 0) is 36.6 Å². The third-order valence-electron chi connectivity index (χ3n) is 4.04. The lowest BCUT2D eigenvalue weighted by Crippen LogP contribution is -2.18. The lowest BCUT2D eigenvalue weighted by atomic mass is 10.1. The highest BCUT2D eigenvalue weighted by molar-refractivity contribution is 5.59. The van der Waals surface area contributed by atoms with Gasteiger partial charge in [-0.2, -0.15) is 4.98 Å². The van der Waals surface area contributed by atoms with Crippen LogP contribution in [0.15, 0.2) is 22.7 Å². The van der Waals surface area contributed by atoms with Crippen molar-refractivity contribution < 1.29 is 14.0 Å². The van der Waals surface area contributed by atoms with Crippen LogP contribution >= 0.6 is 0 Å². The summed E-state index contributed by atoms with van der Waals surface area (Å²) in [5.41, 5.74) is 7.76. The number of nitrogens with two attached hydrogens (primary N) is 1. The molecule has 6 heteroatoms. The molecule has 0 spiro atoms. The summed E-state index contributed by atoms with van der Waals surface area (Å²) >= 11 is 0. The maximum atomic E-state index is 5.78. The summed E-state index contributed by atoms with van der Waals surface area (Å²) in [6.45, 7) is 1.27. The number of hydrogen-bond acceptors (Lipinski definition) is 6. The van der Waals surface area contributed by atoms with Gasteiger partial charge < -0.3 is 19.7 Å². The molecule has 1 saturated heterocycles. The average Bonchev–Trinajstić information content (AvgIpc) is 3.24. The second-order valence-electron chi connectivity index (χ2n) is 5.44. The number of rotatable bonds is 3. The molecule has 2 aliphatic heterocycles. The maximum Gasteiger partial charge on any atom is 0.256 e. The number of benzene rings is 1. The predicted molar refractivity (Wildman–Crippen MR) is 74.8 cm³/mol. The summed E-state index contributed by atoms with van der Waals surface area (Å²) in [4.78, 5) is 4.47. The molecule has 2 atom stereocenters. The van der Waals surface area contributed by atoms with Crippen molar-refractivity contribution in [3.8, 4) is 17.1 Å². The molecule has 21 heavy (non-hydrogen) atoms. The number of aromatic nitrogens is 2. The second-order valence-corrected chi connectivity index (χ2v) is 5.44. The largest absolute Gasteiger partial charge is 0.493 e. The van der Waals surface area contributed by atoms with Gasteiger partial charge in [0.05, 0.1) is 12.7 Å². The van der Waals surface area contributed by atoms with Crippen molar-refractivity contribution in [1.82, 2.24) is 10.1 Å². The molecule has 110 valence electrons. The van der Waals surface area contributed by atoms with Gasteiger partial charge >= 0.3 is 0 Å². The molecule has 6 nitrogen and oxygen atoms in total. The van der Waals surface area contributed by atoms with Crippen molar-refractivity contribution in [2.24, 2.45) is 5.73 Å². The summed E-state index contributed by atoms with van der Waals surface area (Å²) in [6.07, 6.45) is 2.72. The smallest absolute Gasteiger partial charge is 0.256 e. The van der Waals surface area contributed by atoms with Crippen molar-refractivity contribution in [3.63, 3.8) is 0 Å². The normalized spacial score (nSPS) is 24.0. The Kier molecular flexibility index (Phi) is 3.12. The number of nitrogens with zero attached hydrogens (tertiary/aromatic N) is 2. The van der Waals surface area contributed by atoms with Crippen LogP contribution in [0, 0.1) is 0 Å². The molecule has 0 saturated carbocycles. The molecule has 3 heterocycles. The van der Waals surface area contributed by atoms with E-state index in [1.807, 2.05) is 12.1 Å². The Morgan fingerprint density at radius 2 is 2.24 bits per heavy atom. The number of hydrogen-bond donors (Lipinski definition) is 1. The zero-order chi connectivity index (χ0) is 14.2.